The predicted molar refractivity (Wildman–Crippen MR) is 75.6 cm³/mol. The molecule has 1 rings (SSSR count). The van der Waals surface area contributed by atoms with Crippen LogP contribution < -0.4 is 0 Å². The van der Waals surface area contributed by atoms with E-state index in [0.717, 1.165) is 6.04 Å². The molecular formula is C14H31N3. The second-order valence-electron chi connectivity index (χ2n) is 5.50. The Morgan fingerprint density at radius 2 is 1.71 bits per heavy atom. The van der Waals surface area contributed by atoms with Crippen molar-refractivity contribution in [1.82, 2.24) is 14.7 Å². The molecule has 1 heterocycles. The monoisotopic (exact) mass is 241 g/mol. The van der Waals surface area contributed by atoms with Crippen molar-refractivity contribution in [2.24, 2.45) is 0 Å². The van der Waals surface area contributed by atoms with Gasteiger partial charge in [0.1, 0.15) is 0 Å². The maximum absolute atomic E-state index is 2.67. The molecule has 0 aromatic heterocycles. The molecule has 1 fully saturated rings. The first-order chi connectivity index (χ1) is 8.17. The summed E-state index contributed by atoms with van der Waals surface area (Å²) in [5.74, 6) is 0. The van der Waals surface area contributed by atoms with Crippen molar-refractivity contribution in [3.05, 3.63) is 0 Å². The molecule has 3 heteroatoms. The fourth-order valence-electron chi connectivity index (χ4n) is 2.75. The number of nitrogens with zero attached hydrogens (tertiary/aromatic N) is 3. The van der Waals surface area contributed by atoms with Crippen molar-refractivity contribution >= 4 is 0 Å². The Morgan fingerprint density at radius 3 is 2.18 bits per heavy atom. The van der Waals surface area contributed by atoms with Crippen LogP contribution in [0.1, 0.15) is 33.1 Å². The maximum atomic E-state index is 2.67. The van der Waals surface area contributed by atoms with Crippen LogP contribution in [-0.2, 0) is 0 Å². The number of likely N-dealkylation sites (N-methyl/N-ethyl adjacent to an activating group) is 2. The van der Waals surface area contributed by atoms with Gasteiger partial charge in [0.25, 0.3) is 0 Å². The Bertz CT molecular complexity index is 186. The summed E-state index contributed by atoms with van der Waals surface area (Å²) in [7, 11) is 4.33. The van der Waals surface area contributed by atoms with Crippen LogP contribution in [0.2, 0.25) is 0 Å². The van der Waals surface area contributed by atoms with Crippen LogP contribution in [0.4, 0.5) is 0 Å². The van der Waals surface area contributed by atoms with E-state index in [1.807, 2.05) is 0 Å². The van der Waals surface area contributed by atoms with Crippen LogP contribution in [0.15, 0.2) is 0 Å². The molecular weight excluding hydrogens is 210 g/mol. The summed E-state index contributed by atoms with van der Waals surface area (Å²) in [4.78, 5) is 7.58. The fraction of sp³-hybridized carbons (Fsp3) is 1.00. The summed E-state index contributed by atoms with van der Waals surface area (Å²) >= 11 is 0. The Hall–Kier alpha value is -0.120. The van der Waals surface area contributed by atoms with Gasteiger partial charge in [0.15, 0.2) is 0 Å². The number of hydrogen-bond donors (Lipinski definition) is 0. The zero-order valence-electron chi connectivity index (χ0n) is 12.3. The molecule has 0 saturated carbocycles. The normalized spacial score (nSPS) is 19.4. The molecule has 17 heavy (non-hydrogen) atoms. The number of rotatable bonds is 7. The highest BCUT2D eigenvalue weighted by atomic mass is 15.2. The Balaban J connectivity index is 2.29. The van der Waals surface area contributed by atoms with Gasteiger partial charge >= 0.3 is 0 Å². The molecule has 0 N–H and O–H groups in total. The van der Waals surface area contributed by atoms with Gasteiger partial charge in [-0.1, -0.05) is 13.8 Å². The van der Waals surface area contributed by atoms with E-state index in [1.165, 1.54) is 58.5 Å². The molecule has 0 spiro atoms. The van der Waals surface area contributed by atoms with Gasteiger partial charge in [0.2, 0.25) is 0 Å². The summed E-state index contributed by atoms with van der Waals surface area (Å²) in [5, 5.41) is 0. The van der Waals surface area contributed by atoms with Crippen LogP contribution in [0.25, 0.3) is 0 Å². The van der Waals surface area contributed by atoms with Gasteiger partial charge in [-0.25, -0.2) is 0 Å². The van der Waals surface area contributed by atoms with Gasteiger partial charge < -0.3 is 9.80 Å². The number of hydrogen-bond acceptors (Lipinski definition) is 3. The van der Waals surface area contributed by atoms with Crippen molar-refractivity contribution in [1.29, 1.82) is 0 Å². The molecule has 0 radical (unpaired) electrons. The SMILES string of the molecule is CCCN1CCC(N(CC)CCN(C)C)CC1. The summed E-state index contributed by atoms with van der Waals surface area (Å²) < 4.78 is 0. The van der Waals surface area contributed by atoms with E-state index in [0.29, 0.717) is 0 Å². The molecule has 102 valence electrons. The van der Waals surface area contributed by atoms with Crippen LogP contribution in [-0.4, -0.2) is 74.1 Å². The van der Waals surface area contributed by atoms with Gasteiger partial charge in [-0.15, -0.1) is 0 Å². The van der Waals surface area contributed by atoms with Crippen molar-refractivity contribution < 1.29 is 0 Å². The van der Waals surface area contributed by atoms with E-state index in [1.54, 1.807) is 0 Å². The highest BCUT2D eigenvalue weighted by Gasteiger charge is 2.22. The van der Waals surface area contributed by atoms with E-state index in [9.17, 15) is 0 Å². The van der Waals surface area contributed by atoms with Crippen molar-refractivity contribution in [2.75, 3.05) is 53.4 Å². The van der Waals surface area contributed by atoms with Gasteiger partial charge in [-0.3, -0.25) is 4.90 Å². The second kappa shape index (κ2) is 8.06. The van der Waals surface area contributed by atoms with E-state index in [-0.39, 0.29) is 0 Å². The minimum absolute atomic E-state index is 0.827. The standard InChI is InChI=1S/C14H31N3/c1-5-9-16-10-7-14(8-11-16)17(6-2)13-12-15(3)4/h14H,5-13H2,1-4H3. The third kappa shape index (κ3) is 5.36. The molecule has 1 aliphatic rings. The van der Waals surface area contributed by atoms with E-state index in [2.05, 4.69) is 42.6 Å². The lowest BCUT2D eigenvalue weighted by Crippen LogP contribution is -2.46. The second-order valence-corrected chi connectivity index (χ2v) is 5.50. The highest BCUT2D eigenvalue weighted by molar-refractivity contribution is 4.79. The third-order valence-corrected chi connectivity index (χ3v) is 3.85. The molecule has 0 aromatic carbocycles. The molecule has 0 amide bonds. The number of likely N-dealkylation sites (tertiary alicyclic amines) is 1. The quantitative estimate of drug-likeness (QED) is 0.672. The zero-order chi connectivity index (χ0) is 12.7. The fourth-order valence-corrected chi connectivity index (χ4v) is 2.75. The Labute approximate surface area is 108 Å². The summed E-state index contributed by atoms with van der Waals surface area (Å²) in [6.45, 7) is 12.1. The van der Waals surface area contributed by atoms with E-state index >= 15 is 0 Å². The van der Waals surface area contributed by atoms with Gasteiger partial charge in [-0.2, -0.15) is 0 Å². The lowest BCUT2D eigenvalue weighted by atomic mass is 10.0. The van der Waals surface area contributed by atoms with Crippen molar-refractivity contribution in [3.63, 3.8) is 0 Å². The summed E-state index contributed by atoms with van der Waals surface area (Å²) in [6, 6.07) is 0.827. The topological polar surface area (TPSA) is 9.72 Å². The van der Waals surface area contributed by atoms with Crippen LogP contribution in [0, 0.1) is 0 Å². The lowest BCUT2D eigenvalue weighted by Gasteiger charge is -2.38. The Morgan fingerprint density at radius 1 is 1.06 bits per heavy atom. The minimum atomic E-state index is 0.827. The molecule has 3 nitrogen and oxygen atoms in total. The molecule has 0 aromatic rings. The Kier molecular flexibility index (Phi) is 7.09. The summed E-state index contributed by atoms with van der Waals surface area (Å²) in [5.41, 5.74) is 0. The first kappa shape index (κ1) is 14.9. The van der Waals surface area contributed by atoms with Crippen LogP contribution in [0.3, 0.4) is 0 Å². The first-order valence-corrected chi connectivity index (χ1v) is 7.28. The zero-order valence-corrected chi connectivity index (χ0v) is 12.3. The largest absolute Gasteiger partial charge is 0.308 e. The third-order valence-electron chi connectivity index (χ3n) is 3.85. The average Bonchev–Trinajstić information content (AvgIpc) is 2.32. The van der Waals surface area contributed by atoms with Gasteiger partial charge in [-0.05, 0) is 59.5 Å². The van der Waals surface area contributed by atoms with Gasteiger partial charge in [0, 0.05) is 19.1 Å². The smallest absolute Gasteiger partial charge is 0.0120 e. The van der Waals surface area contributed by atoms with E-state index in [4.69, 9.17) is 0 Å². The highest BCUT2D eigenvalue weighted by Crippen LogP contribution is 2.16. The molecule has 1 saturated heterocycles. The molecule has 1 aliphatic heterocycles. The van der Waals surface area contributed by atoms with E-state index < -0.39 is 0 Å². The molecule has 0 bridgehead atoms. The molecule has 0 atom stereocenters. The maximum Gasteiger partial charge on any atom is 0.0120 e. The van der Waals surface area contributed by atoms with Gasteiger partial charge in [0.05, 0.1) is 0 Å². The summed E-state index contributed by atoms with van der Waals surface area (Å²) in [6.07, 6.45) is 4.02. The minimum Gasteiger partial charge on any atom is -0.308 e. The molecule has 0 unspecified atom stereocenters. The van der Waals surface area contributed by atoms with Crippen LogP contribution >= 0.6 is 0 Å². The molecule has 0 aliphatic carbocycles. The van der Waals surface area contributed by atoms with Crippen molar-refractivity contribution in [2.45, 2.75) is 39.2 Å². The van der Waals surface area contributed by atoms with Crippen LogP contribution in [0.5, 0.6) is 0 Å². The first-order valence-electron chi connectivity index (χ1n) is 7.28. The lowest BCUT2D eigenvalue weighted by molar-refractivity contribution is 0.106. The van der Waals surface area contributed by atoms with Crippen molar-refractivity contribution in [3.8, 4) is 0 Å². The number of piperidine rings is 1. The predicted octanol–water partition coefficient (Wildman–Crippen LogP) is 1.74. The average molecular weight is 241 g/mol.